The summed E-state index contributed by atoms with van der Waals surface area (Å²) >= 11 is 0. The van der Waals surface area contributed by atoms with Crippen molar-refractivity contribution in [3.8, 4) is 5.75 Å². The Balaban J connectivity index is 2.25. The molecule has 1 aliphatic rings. The molecule has 1 N–H and O–H groups in total. The molecule has 1 aromatic rings. The first-order chi connectivity index (χ1) is 9.49. The summed E-state index contributed by atoms with van der Waals surface area (Å²) in [6.45, 7) is 5.88. The minimum absolute atomic E-state index is 0.300. The fraction of sp³-hybridized carbons (Fsp3) is 0.588. The Kier molecular flexibility index (Phi) is 4.69. The summed E-state index contributed by atoms with van der Waals surface area (Å²) in [5.74, 6) is -0.219. The lowest BCUT2D eigenvalue weighted by Gasteiger charge is -2.21. The van der Waals surface area contributed by atoms with Gasteiger partial charge in [0.05, 0.1) is 12.0 Å². The van der Waals surface area contributed by atoms with E-state index in [1.54, 1.807) is 6.92 Å². The lowest BCUT2D eigenvalue weighted by molar-refractivity contribution is -0.141. The Hall–Kier alpha value is -1.51. The molecule has 1 atom stereocenters. The van der Waals surface area contributed by atoms with Gasteiger partial charge in [0.25, 0.3) is 0 Å². The van der Waals surface area contributed by atoms with Crippen molar-refractivity contribution in [2.45, 2.75) is 59.0 Å². The first-order valence-corrected chi connectivity index (χ1v) is 7.47. The van der Waals surface area contributed by atoms with Crippen molar-refractivity contribution < 1.29 is 14.6 Å². The number of benzene rings is 1. The second kappa shape index (κ2) is 6.29. The highest BCUT2D eigenvalue weighted by Crippen LogP contribution is 2.32. The quantitative estimate of drug-likeness (QED) is 0.887. The molecule has 0 radical (unpaired) electrons. The molecule has 1 aliphatic carbocycles. The number of carboxylic acids is 1. The van der Waals surface area contributed by atoms with Gasteiger partial charge in [-0.1, -0.05) is 19.1 Å². The maximum Gasteiger partial charge on any atom is 0.306 e. The van der Waals surface area contributed by atoms with E-state index in [9.17, 15) is 4.79 Å². The minimum Gasteiger partial charge on any atom is -0.490 e. The zero-order chi connectivity index (χ0) is 14.7. The number of aliphatic carboxylic acids is 1. The van der Waals surface area contributed by atoms with E-state index < -0.39 is 5.97 Å². The number of carboxylic acid groups (broad SMARTS) is 1. The first kappa shape index (κ1) is 14.9. The summed E-state index contributed by atoms with van der Waals surface area (Å²) in [5, 5.41) is 9.10. The molecule has 1 aromatic carbocycles. The van der Waals surface area contributed by atoms with Crippen LogP contribution in [0.3, 0.4) is 0 Å². The van der Waals surface area contributed by atoms with Gasteiger partial charge in [0.15, 0.2) is 0 Å². The Morgan fingerprint density at radius 3 is 2.60 bits per heavy atom. The molecule has 2 rings (SSSR count). The standard InChI is InChI=1S/C17H24O3/c1-11-8-9-14(10-12(2)17(18)19)16(13(11)3)20-15-6-4-5-7-15/h8-9,12,15H,4-7,10H2,1-3H3,(H,18,19). The SMILES string of the molecule is Cc1ccc(CC(C)C(=O)O)c(OC2CCCC2)c1C. The Labute approximate surface area is 121 Å². The summed E-state index contributed by atoms with van der Waals surface area (Å²) in [4.78, 5) is 11.1. The third kappa shape index (κ3) is 3.33. The number of hydrogen-bond donors (Lipinski definition) is 1. The van der Waals surface area contributed by atoms with Crippen molar-refractivity contribution in [3.05, 3.63) is 28.8 Å². The highest BCUT2D eigenvalue weighted by atomic mass is 16.5. The van der Waals surface area contributed by atoms with Crippen LogP contribution in [0.4, 0.5) is 0 Å². The number of rotatable bonds is 5. The van der Waals surface area contributed by atoms with Crippen LogP contribution in [0.2, 0.25) is 0 Å². The van der Waals surface area contributed by atoms with Crippen molar-refractivity contribution in [1.29, 1.82) is 0 Å². The lowest BCUT2D eigenvalue weighted by Crippen LogP contribution is -2.17. The molecule has 1 saturated carbocycles. The molecule has 3 heteroatoms. The van der Waals surface area contributed by atoms with Gasteiger partial charge in [-0.2, -0.15) is 0 Å². The van der Waals surface area contributed by atoms with Gasteiger partial charge < -0.3 is 9.84 Å². The minimum atomic E-state index is -0.755. The van der Waals surface area contributed by atoms with Gasteiger partial charge in [0.1, 0.15) is 5.75 Å². The summed E-state index contributed by atoms with van der Waals surface area (Å²) in [6.07, 6.45) is 5.52. The molecule has 0 spiro atoms. The van der Waals surface area contributed by atoms with E-state index in [1.165, 1.54) is 18.4 Å². The molecule has 0 saturated heterocycles. The predicted octanol–water partition coefficient (Wildman–Crippen LogP) is 3.89. The predicted molar refractivity (Wildman–Crippen MR) is 79.3 cm³/mol. The van der Waals surface area contributed by atoms with Gasteiger partial charge in [-0.3, -0.25) is 4.79 Å². The molecule has 1 fully saturated rings. The average molecular weight is 276 g/mol. The second-order valence-electron chi connectivity index (χ2n) is 5.96. The lowest BCUT2D eigenvalue weighted by atomic mass is 9.96. The largest absolute Gasteiger partial charge is 0.490 e. The Bertz CT molecular complexity index is 487. The molecular formula is C17H24O3. The Morgan fingerprint density at radius 1 is 1.35 bits per heavy atom. The average Bonchev–Trinajstić information content (AvgIpc) is 2.91. The monoisotopic (exact) mass is 276 g/mol. The van der Waals surface area contributed by atoms with Crippen molar-refractivity contribution in [3.63, 3.8) is 0 Å². The van der Waals surface area contributed by atoms with Crippen molar-refractivity contribution in [2.24, 2.45) is 5.92 Å². The first-order valence-electron chi connectivity index (χ1n) is 7.47. The number of ether oxygens (including phenoxy) is 1. The van der Waals surface area contributed by atoms with E-state index in [4.69, 9.17) is 9.84 Å². The summed E-state index contributed by atoms with van der Waals surface area (Å²) in [7, 11) is 0. The molecule has 0 bridgehead atoms. The third-order valence-corrected chi connectivity index (χ3v) is 4.29. The van der Waals surface area contributed by atoms with Crippen LogP contribution in [0.5, 0.6) is 5.75 Å². The topological polar surface area (TPSA) is 46.5 Å². The number of aryl methyl sites for hydroxylation is 1. The van der Waals surface area contributed by atoms with Crippen LogP contribution in [-0.2, 0) is 11.2 Å². The third-order valence-electron chi connectivity index (χ3n) is 4.29. The van der Waals surface area contributed by atoms with E-state index in [-0.39, 0.29) is 5.92 Å². The summed E-state index contributed by atoms with van der Waals surface area (Å²) < 4.78 is 6.21. The van der Waals surface area contributed by atoms with E-state index in [0.717, 1.165) is 29.7 Å². The van der Waals surface area contributed by atoms with Crippen molar-refractivity contribution in [1.82, 2.24) is 0 Å². The summed E-state index contributed by atoms with van der Waals surface area (Å²) in [6, 6.07) is 4.08. The van der Waals surface area contributed by atoms with Crippen molar-refractivity contribution in [2.75, 3.05) is 0 Å². The fourth-order valence-electron chi connectivity index (χ4n) is 2.76. The van der Waals surface area contributed by atoms with Crippen LogP contribution in [0.1, 0.15) is 49.3 Å². The van der Waals surface area contributed by atoms with E-state index in [0.29, 0.717) is 12.5 Å². The molecule has 1 unspecified atom stereocenters. The van der Waals surface area contributed by atoms with Gasteiger partial charge in [-0.25, -0.2) is 0 Å². The number of carbonyl (C=O) groups is 1. The molecule has 0 aromatic heterocycles. The molecule has 3 nitrogen and oxygen atoms in total. The molecular weight excluding hydrogens is 252 g/mol. The van der Waals surface area contributed by atoms with Crippen molar-refractivity contribution >= 4 is 5.97 Å². The Morgan fingerprint density at radius 2 is 2.00 bits per heavy atom. The zero-order valence-electron chi connectivity index (χ0n) is 12.6. The molecule has 0 heterocycles. The maximum absolute atomic E-state index is 11.1. The van der Waals surface area contributed by atoms with Crippen LogP contribution in [-0.4, -0.2) is 17.2 Å². The van der Waals surface area contributed by atoms with E-state index in [2.05, 4.69) is 19.9 Å². The van der Waals surface area contributed by atoms with Gasteiger partial charge in [0.2, 0.25) is 0 Å². The normalized spacial score (nSPS) is 17.1. The summed E-state index contributed by atoms with van der Waals surface area (Å²) in [5.41, 5.74) is 3.37. The highest BCUT2D eigenvalue weighted by molar-refractivity contribution is 5.70. The van der Waals surface area contributed by atoms with E-state index in [1.807, 2.05) is 6.07 Å². The maximum atomic E-state index is 11.1. The zero-order valence-corrected chi connectivity index (χ0v) is 12.6. The molecule has 20 heavy (non-hydrogen) atoms. The molecule has 0 amide bonds. The van der Waals surface area contributed by atoms with Crippen LogP contribution in [0, 0.1) is 19.8 Å². The number of hydrogen-bond acceptors (Lipinski definition) is 2. The molecule has 0 aliphatic heterocycles. The van der Waals surface area contributed by atoms with Crippen LogP contribution in [0.15, 0.2) is 12.1 Å². The highest BCUT2D eigenvalue weighted by Gasteiger charge is 2.21. The van der Waals surface area contributed by atoms with Crippen LogP contribution in [0.25, 0.3) is 0 Å². The van der Waals surface area contributed by atoms with Gasteiger partial charge in [-0.15, -0.1) is 0 Å². The van der Waals surface area contributed by atoms with Gasteiger partial charge >= 0.3 is 5.97 Å². The van der Waals surface area contributed by atoms with Crippen LogP contribution < -0.4 is 4.74 Å². The van der Waals surface area contributed by atoms with E-state index >= 15 is 0 Å². The van der Waals surface area contributed by atoms with Gasteiger partial charge in [-0.05, 0) is 62.6 Å². The smallest absolute Gasteiger partial charge is 0.306 e. The molecule has 110 valence electrons. The fourth-order valence-corrected chi connectivity index (χ4v) is 2.76. The second-order valence-corrected chi connectivity index (χ2v) is 5.96. The van der Waals surface area contributed by atoms with Gasteiger partial charge in [0, 0.05) is 0 Å². The van der Waals surface area contributed by atoms with Crippen LogP contribution >= 0.6 is 0 Å².